The summed E-state index contributed by atoms with van der Waals surface area (Å²) in [5.41, 5.74) is 2.79. The van der Waals surface area contributed by atoms with E-state index in [2.05, 4.69) is 22.4 Å². The smallest absolute Gasteiger partial charge is 0.101 e. The summed E-state index contributed by atoms with van der Waals surface area (Å²) in [5, 5.41) is 21.8. The van der Waals surface area contributed by atoms with Crippen LogP contribution in [0.5, 0.6) is 0 Å². The van der Waals surface area contributed by atoms with Crippen molar-refractivity contribution in [2.24, 2.45) is 0 Å². The molecule has 0 bridgehead atoms. The number of nitrogens with zero attached hydrogens (tertiary/aromatic N) is 2. The molecule has 0 saturated heterocycles. The number of nitrogens with one attached hydrogen (secondary N) is 1. The van der Waals surface area contributed by atoms with Crippen LogP contribution in [0.15, 0.2) is 18.2 Å². The summed E-state index contributed by atoms with van der Waals surface area (Å²) in [6.07, 6.45) is 4.80. The average molecular weight is 273 g/mol. The van der Waals surface area contributed by atoms with Crippen LogP contribution in [0, 0.1) is 11.3 Å². The highest BCUT2D eigenvalue weighted by atomic mass is 16.3. The minimum atomic E-state index is 0.125. The maximum atomic E-state index is 9.41. The van der Waals surface area contributed by atoms with Crippen LogP contribution < -0.4 is 10.2 Å². The third kappa shape index (κ3) is 3.30. The van der Waals surface area contributed by atoms with E-state index in [4.69, 9.17) is 0 Å². The molecule has 1 fully saturated rings. The summed E-state index contributed by atoms with van der Waals surface area (Å²) in [4.78, 5) is 2.22. The van der Waals surface area contributed by atoms with Gasteiger partial charge < -0.3 is 15.3 Å². The Hall–Kier alpha value is -1.57. The molecule has 108 valence electrons. The van der Waals surface area contributed by atoms with Crippen LogP contribution in [0.3, 0.4) is 0 Å². The normalized spacial score (nSPS) is 15.2. The lowest BCUT2D eigenvalue weighted by molar-refractivity contribution is 0.297. The highest BCUT2D eigenvalue weighted by Crippen LogP contribution is 2.30. The first kappa shape index (κ1) is 14.8. The number of hydrogen-bond donors (Lipinski definition) is 2. The highest BCUT2D eigenvalue weighted by Gasteiger charge is 2.24. The van der Waals surface area contributed by atoms with E-state index in [1.165, 1.54) is 12.8 Å². The van der Waals surface area contributed by atoms with Crippen LogP contribution >= 0.6 is 0 Å². The minimum Gasteiger partial charge on any atom is -0.395 e. The van der Waals surface area contributed by atoms with E-state index in [1.54, 1.807) is 0 Å². The van der Waals surface area contributed by atoms with Crippen LogP contribution in [0.25, 0.3) is 0 Å². The van der Waals surface area contributed by atoms with Gasteiger partial charge in [-0.1, -0.05) is 18.9 Å². The van der Waals surface area contributed by atoms with E-state index in [-0.39, 0.29) is 6.61 Å². The lowest BCUT2D eigenvalue weighted by atomic mass is 10.1. The first-order valence-electron chi connectivity index (χ1n) is 7.35. The van der Waals surface area contributed by atoms with Crippen molar-refractivity contribution in [2.75, 3.05) is 25.1 Å². The van der Waals surface area contributed by atoms with Gasteiger partial charge in [-0.25, -0.2) is 0 Å². The Morgan fingerprint density at radius 1 is 1.40 bits per heavy atom. The largest absolute Gasteiger partial charge is 0.395 e. The zero-order valence-electron chi connectivity index (χ0n) is 12.1. The number of rotatable bonds is 6. The summed E-state index contributed by atoms with van der Waals surface area (Å²) >= 11 is 0. The van der Waals surface area contributed by atoms with Crippen molar-refractivity contribution in [3.8, 4) is 6.07 Å². The van der Waals surface area contributed by atoms with Gasteiger partial charge in [0, 0.05) is 19.1 Å². The maximum absolute atomic E-state index is 9.41. The van der Waals surface area contributed by atoms with Crippen molar-refractivity contribution in [1.29, 1.82) is 5.26 Å². The number of anilines is 1. The Labute approximate surface area is 121 Å². The Morgan fingerprint density at radius 3 is 2.75 bits per heavy atom. The van der Waals surface area contributed by atoms with Crippen molar-refractivity contribution in [3.05, 3.63) is 29.3 Å². The van der Waals surface area contributed by atoms with Crippen molar-refractivity contribution in [2.45, 2.75) is 38.3 Å². The number of nitriles is 1. The predicted molar refractivity (Wildman–Crippen MR) is 80.6 cm³/mol. The lowest BCUT2D eigenvalue weighted by Crippen LogP contribution is -2.36. The second kappa shape index (κ2) is 7.28. The van der Waals surface area contributed by atoms with E-state index in [9.17, 15) is 10.4 Å². The van der Waals surface area contributed by atoms with Crippen LogP contribution in [0.2, 0.25) is 0 Å². The van der Waals surface area contributed by atoms with Gasteiger partial charge in [-0.15, -0.1) is 0 Å². The van der Waals surface area contributed by atoms with Gasteiger partial charge in [-0.05, 0) is 37.6 Å². The summed E-state index contributed by atoms with van der Waals surface area (Å²) < 4.78 is 0. The summed E-state index contributed by atoms with van der Waals surface area (Å²) in [7, 11) is 1.90. The van der Waals surface area contributed by atoms with Gasteiger partial charge >= 0.3 is 0 Å². The van der Waals surface area contributed by atoms with Gasteiger partial charge in [0.15, 0.2) is 0 Å². The zero-order valence-corrected chi connectivity index (χ0v) is 12.1. The number of benzene rings is 1. The molecule has 4 heteroatoms. The van der Waals surface area contributed by atoms with Gasteiger partial charge in [0.25, 0.3) is 0 Å². The summed E-state index contributed by atoms with van der Waals surface area (Å²) in [6.45, 7) is 1.49. The Balaban J connectivity index is 2.29. The fourth-order valence-electron chi connectivity index (χ4n) is 3.06. The molecular weight excluding hydrogens is 250 g/mol. The number of aliphatic hydroxyl groups is 1. The Kier molecular flexibility index (Phi) is 5.40. The van der Waals surface area contributed by atoms with Crippen molar-refractivity contribution in [1.82, 2.24) is 5.32 Å². The molecule has 0 amide bonds. The van der Waals surface area contributed by atoms with Crippen LogP contribution in [0.4, 0.5) is 5.69 Å². The molecule has 1 aliphatic carbocycles. The second-order valence-electron chi connectivity index (χ2n) is 5.35. The molecule has 0 unspecified atom stereocenters. The Morgan fingerprint density at radius 2 is 2.15 bits per heavy atom. The van der Waals surface area contributed by atoms with E-state index in [1.807, 2.05) is 19.2 Å². The molecule has 0 aromatic heterocycles. The predicted octanol–water partition coefficient (Wildman–Crippen LogP) is 2.02. The summed E-state index contributed by atoms with van der Waals surface area (Å²) in [5.74, 6) is 0. The van der Waals surface area contributed by atoms with Crippen molar-refractivity contribution in [3.63, 3.8) is 0 Å². The highest BCUT2D eigenvalue weighted by molar-refractivity contribution is 5.61. The van der Waals surface area contributed by atoms with E-state index in [0.29, 0.717) is 18.2 Å². The second-order valence-corrected chi connectivity index (χ2v) is 5.35. The maximum Gasteiger partial charge on any atom is 0.101 e. The van der Waals surface area contributed by atoms with Crippen molar-refractivity contribution < 1.29 is 5.11 Å². The molecular formula is C16H23N3O. The molecule has 1 aromatic carbocycles. The average Bonchev–Trinajstić information content (AvgIpc) is 2.99. The van der Waals surface area contributed by atoms with Gasteiger partial charge in [-0.3, -0.25) is 0 Å². The molecule has 0 radical (unpaired) electrons. The van der Waals surface area contributed by atoms with E-state index < -0.39 is 0 Å². The molecule has 1 aromatic rings. The van der Waals surface area contributed by atoms with Crippen LogP contribution in [-0.4, -0.2) is 31.3 Å². The van der Waals surface area contributed by atoms with Gasteiger partial charge in [0.2, 0.25) is 0 Å². The summed E-state index contributed by atoms with van der Waals surface area (Å²) in [6, 6.07) is 8.81. The fourth-order valence-corrected chi connectivity index (χ4v) is 3.06. The number of aliphatic hydroxyl groups excluding tert-OH is 1. The molecule has 0 spiro atoms. The van der Waals surface area contributed by atoms with Crippen molar-refractivity contribution >= 4 is 5.69 Å². The molecule has 1 aliphatic rings. The Bertz CT molecular complexity index is 475. The topological polar surface area (TPSA) is 59.3 Å². The molecule has 0 atom stereocenters. The van der Waals surface area contributed by atoms with Gasteiger partial charge in [-0.2, -0.15) is 5.26 Å². The molecule has 20 heavy (non-hydrogen) atoms. The lowest BCUT2D eigenvalue weighted by Gasteiger charge is -2.31. The molecule has 0 heterocycles. The van der Waals surface area contributed by atoms with Gasteiger partial charge in [0.1, 0.15) is 6.07 Å². The van der Waals surface area contributed by atoms with E-state index >= 15 is 0 Å². The fraction of sp³-hybridized carbons (Fsp3) is 0.562. The van der Waals surface area contributed by atoms with Crippen LogP contribution in [0.1, 0.15) is 36.8 Å². The van der Waals surface area contributed by atoms with Crippen LogP contribution in [-0.2, 0) is 6.54 Å². The van der Waals surface area contributed by atoms with Gasteiger partial charge in [0.05, 0.1) is 17.9 Å². The first-order chi connectivity index (χ1) is 9.80. The molecule has 2 rings (SSSR count). The standard InChI is InChI=1S/C16H23N3O/c1-18-12-13-6-7-16(14(10-13)11-17)19(8-9-20)15-4-2-3-5-15/h6-7,10,15,18,20H,2-5,8-9,12H2,1H3. The minimum absolute atomic E-state index is 0.125. The third-order valence-electron chi connectivity index (χ3n) is 3.98. The molecule has 4 nitrogen and oxygen atoms in total. The molecule has 0 aliphatic heterocycles. The first-order valence-corrected chi connectivity index (χ1v) is 7.35. The quantitative estimate of drug-likeness (QED) is 0.832. The molecule has 2 N–H and O–H groups in total. The number of hydrogen-bond acceptors (Lipinski definition) is 4. The third-order valence-corrected chi connectivity index (χ3v) is 3.98. The molecule has 1 saturated carbocycles. The van der Waals surface area contributed by atoms with E-state index in [0.717, 1.165) is 30.6 Å². The SMILES string of the molecule is CNCc1ccc(N(CCO)C2CCCC2)c(C#N)c1. The zero-order chi connectivity index (χ0) is 14.4. The monoisotopic (exact) mass is 273 g/mol.